The minimum Gasteiger partial charge on any atom is -0.387 e. The molecule has 2 fully saturated rings. The summed E-state index contributed by atoms with van der Waals surface area (Å²) in [6.45, 7) is 5.89. The van der Waals surface area contributed by atoms with Gasteiger partial charge in [-0.05, 0) is 43.4 Å². The standard InChI is InChI=1S/C19H25NO/c1-2-12-20-13-11-18-9-5-6-10-19(18,21)17(20)14-15-7-3-4-8-16(15)18/h2-4,7-8,17,21H,1,5-6,9-14H2/t17-,18+,19-/m1/s1. The first-order valence-electron chi connectivity index (χ1n) is 8.37. The van der Waals surface area contributed by atoms with Crippen molar-refractivity contribution in [1.82, 2.24) is 4.90 Å². The lowest BCUT2D eigenvalue weighted by Crippen LogP contribution is -2.72. The van der Waals surface area contributed by atoms with Gasteiger partial charge in [0.25, 0.3) is 0 Å². The van der Waals surface area contributed by atoms with Crippen LogP contribution in [0.4, 0.5) is 0 Å². The summed E-state index contributed by atoms with van der Waals surface area (Å²) in [5.74, 6) is 0. The Labute approximate surface area is 127 Å². The molecule has 21 heavy (non-hydrogen) atoms. The topological polar surface area (TPSA) is 23.5 Å². The van der Waals surface area contributed by atoms with Crippen molar-refractivity contribution in [3.63, 3.8) is 0 Å². The maximum atomic E-state index is 11.7. The van der Waals surface area contributed by atoms with E-state index in [9.17, 15) is 5.11 Å². The minimum atomic E-state index is -0.541. The van der Waals surface area contributed by atoms with Crippen LogP contribution in [0, 0.1) is 0 Å². The van der Waals surface area contributed by atoms with Gasteiger partial charge in [-0.1, -0.05) is 43.2 Å². The van der Waals surface area contributed by atoms with E-state index >= 15 is 0 Å². The van der Waals surface area contributed by atoms with Crippen molar-refractivity contribution in [2.24, 2.45) is 0 Å². The third kappa shape index (κ3) is 1.66. The van der Waals surface area contributed by atoms with Crippen LogP contribution in [0.25, 0.3) is 0 Å². The summed E-state index contributed by atoms with van der Waals surface area (Å²) in [4.78, 5) is 2.46. The fourth-order valence-electron chi connectivity index (χ4n) is 5.45. The molecule has 2 bridgehead atoms. The van der Waals surface area contributed by atoms with Crippen LogP contribution in [0.3, 0.4) is 0 Å². The second kappa shape index (κ2) is 4.69. The lowest BCUT2D eigenvalue weighted by atomic mass is 9.49. The van der Waals surface area contributed by atoms with Crippen molar-refractivity contribution in [1.29, 1.82) is 0 Å². The quantitative estimate of drug-likeness (QED) is 0.843. The highest BCUT2D eigenvalue weighted by molar-refractivity contribution is 5.44. The van der Waals surface area contributed by atoms with Gasteiger partial charge >= 0.3 is 0 Å². The average molecular weight is 283 g/mol. The van der Waals surface area contributed by atoms with Gasteiger partial charge in [0.2, 0.25) is 0 Å². The van der Waals surface area contributed by atoms with E-state index in [1.807, 2.05) is 6.08 Å². The Balaban J connectivity index is 1.88. The van der Waals surface area contributed by atoms with Crippen molar-refractivity contribution >= 4 is 0 Å². The molecule has 1 aromatic carbocycles. The summed E-state index contributed by atoms with van der Waals surface area (Å²) in [7, 11) is 0. The van der Waals surface area contributed by atoms with Crippen molar-refractivity contribution < 1.29 is 5.11 Å². The van der Waals surface area contributed by atoms with E-state index in [0.717, 1.165) is 38.8 Å². The number of piperidine rings is 1. The number of fused-ring (bicyclic) bond motifs is 1. The molecule has 0 aromatic heterocycles. The van der Waals surface area contributed by atoms with Gasteiger partial charge in [0.05, 0.1) is 5.60 Å². The van der Waals surface area contributed by atoms with Crippen molar-refractivity contribution in [3.8, 4) is 0 Å². The first-order valence-corrected chi connectivity index (χ1v) is 8.37. The molecule has 3 atom stereocenters. The highest BCUT2D eigenvalue weighted by atomic mass is 16.3. The predicted octanol–water partition coefficient (Wildman–Crippen LogP) is 3.05. The number of hydrogen-bond donors (Lipinski definition) is 1. The molecule has 112 valence electrons. The molecule has 1 saturated heterocycles. The van der Waals surface area contributed by atoms with Gasteiger partial charge in [0.1, 0.15) is 0 Å². The predicted molar refractivity (Wildman–Crippen MR) is 85.4 cm³/mol. The van der Waals surface area contributed by atoms with E-state index in [2.05, 4.69) is 35.7 Å². The molecule has 3 aliphatic rings. The van der Waals surface area contributed by atoms with Crippen molar-refractivity contribution in [2.75, 3.05) is 13.1 Å². The summed E-state index contributed by atoms with van der Waals surface area (Å²) < 4.78 is 0. The Morgan fingerprint density at radius 1 is 1.24 bits per heavy atom. The van der Waals surface area contributed by atoms with E-state index < -0.39 is 5.60 Å². The van der Waals surface area contributed by atoms with Gasteiger partial charge in [0, 0.05) is 18.0 Å². The Bertz CT molecular complexity index is 568. The normalized spacial score (nSPS) is 38.4. The summed E-state index contributed by atoms with van der Waals surface area (Å²) in [5.41, 5.74) is 2.37. The van der Waals surface area contributed by atoms with Gasteiger partial charge in [0.15, 0.2) is 0 Å². The van der Waals surface area contributed by atoms with E-state index in [1.54, 1.807) is 0 Å². The summed E-state index contributed by atoms with van der Waals surface area (Å²) in [6.07, 6.45) is 8.59. The van der Waals surface area contributed by atoms with Gasteiger partial charge in [-0.2, -0.15) is 0 Å². The van der Waals surface area contributed by atoms with E-state index in [1.165, 1.54) is 24.0 Å². The number of aliphatic hydroxyl groups is 1. The van der Waals surface area contributed by atoms with Crippen LogP contribution >= 0.6 is 0 Å². The minimum absolute atomic E-state index is 0.00241. The van der Waals surface area contributed by atoms with Crippen molar-refractivity contribution in [3.05, 3.63) is 48.0 Å². The summed E-state index contributed by atoms with van der Waals surface area (Å²) in [6, 6.07) is 9.12. The molecule has 0 spiro atoms. The Morgan fingerprint density at radius 3 is 2.90 bits per heavy atom. The molecule has 2 aliphatic carbocycles. The summed E-state index contributed by atoms with van der Waals surface area (Å²) >= 11 is 0. The Kier molecular flexibility index (Phi) is 3.02. The Morgan fingerprint density at radius 2 is 2.05 bits per heavy atom. The number of rotatable bonds is 2. The van der Waals surface area contributed by atoms with E-state index in [4.69, 9.17) is 0 Å². The molecule has 2 heteroatoms. The first kappa shape index (κ1) is 13.5. The highest BCUT2D eigenvalue weighted by Crippen LogP contribution is 2.57. The van der Waals surface area contributed by atoms with Gasteiger partial charge in [-0.25, -0.2) is 0 Å². The maximum Gasteiger partial charge on any atom is 0.0902 e. The molecule has 0 amide bonds. The van der Waals surface area contributed by atoms with Crippen molar-refractivity contribution in [2.45, 2.75) is 55.6 Å². The summed E-state index contributed by atoms with van der Waals surface area (Å²) in [5, 5.41) is 11.7. The zero-order valence-electron chi connectivity index (χ0n) is 12.7. The lowest BCUT2D eigenvalue weighted by Gasteiger charge is -2.63. The van der Waals surface area contributed by atoms with Crippen LogP contribution in [-0.2, 0) is 11.8 Å². The lowest BCUT2D eigenvalue weighted by molar-refractivity contribution is -0.163. The number of hydrogen-bond acceptors (Lipinski definition) is 2. The van der Waals surface area contributed by atoms with Crippen LogP contribution in [0.1, 0.15) is 43.2 Å². The molecule has 0 unspecified atom stereocenters. The van der Waals surface area contributed by atoms with Crippen LogP contribution in [-0.4, -0.2) is 34.7 Å². The fraction of sp³-hybridized carbons (Fsp3) is 0.579. The zero-order chi connectivity index (χ0) is 14.5. The van der Waals surface area contributed by atoms with E-state index in [-0.39, 0.29) is 11.5 Å². The van der Waals surface area contributed by atoms with Crippen LogP contribution in [0.2, 0.25) is 0 Å². The van der Waals surface area contributed by atoms with Gasteiger partial charge < -0.3 is 5.11 Å². The number of likely N-dealkylation sites (tertiary alicyclic amines) is 1. The average Bonchev–Trinajstić information content (AvgIpc) is 2.50. The number of nitrogens with zero attached hydrogens (tertiary/aromatic N) is 1. The van der Waals surface area contributed by atoms with Crippen LogP contribution in [0.15, 0.2) is 36.9 Å². The SMILES string of the molecule is C=CCN1CC[C@]23CCCC[C@@]2(O)[C@H]1Cc1ccccc13. The monoisotopic (exact) mass is 283 g/mol. The molecular formula is C19H25NO. The van der Waals surface area contributed by atoms with Crippen LogP contribution in [0.5, 0.6) is 0 Å². The molecule has 1 heterocycles. The molecule has 2 nitrogen and oxygen atoms in total. The first-order chi connectivity index (χ1) is 10.2. The van der Waals surface area contributed by atoms with Gasteiger partial charge in [-0.15, -0.1) is 6.58 Å². The molecule has 1 N–H and O–H groups in total. The molecule has 1 aliphatic heterocycles. The molecule has 1 saturated carbocycles. The third-order valence-electron chi connectivity index (χ3n) is 6.37. The zero-order valence-corrected chi connectivity index (χ0v) is 12.7. The molecular weight excluding hydrogens is 258 g/mol. The fourth-order valence-corrected chi connectivity index (χ4v) is 5.45. The third-order valence-corrected chi connectivity index (χ3v) is 6.37. The highest BCUT2D eigenvalue weighted by Gasteiger charge is 2.62. The van der Waals surface area contributed by atoms with Gasteiger partial charge in [-0.3, -0.25) is 4.90 Å². The van der Waals surface area contributed by atoms with E-state index in [0.29, 0.717) is 0 Å². The largest absolute Gasteiger partial charge is 0.387 e. The molecule has 0 radical (unpaired) electrons. The van der Waals surface area contributed by atoms with Crippen LogP contribution < -0.4 is 0 Å². The molecule has 4 rings (SSSR count). The Hall–Kier alpha value is -1.12. The smallest absolute Gasteiger partial charge is 0.0902 e. The molecule has 1 aromatic rings. The second-order valence-corrected chi connectivity index (χ2v) is 7.12. The number of benzene rings is 1. The maximum absolute atomic E-state index is 11.7. The second-order valence-electron chi connectivity index (χ2n) is 7.12.